The van der Waals surface area contributed by atoms with Gasteiger partial charge >= 0.3 is 5.69 Å². The van der Waals surface area contributed by atoms with Crippen LogP contribution in [0, 0.1) is 17.2 Å². The normalized spacial score (nSPS) is 14.1. The van der Waals surface area contributed by atoms with E-state index in [1.807, 2.05) is 4.98 Å². The second-order valence-electron chi connectivity index (χ2n) is 7.38. The highest BCUT2D eigenvalue weighted by atomic mass is 35.5. The first-order valence-electron chi connectivity index (χ1n) is 9.95. The third-order valence-corrected chi connectivity index (χ3v) is 5.69. The fourth-order valence-electron chi connectivity index (χ4n) is 3.45. The van der Waals surface area contributed by atoms with Gasteiger partial charge in [0.05, 0.1) is 15.7 Å². The number of nitriles is 1. The molecule has 10 nitrogen and oxygen atoms in total. The van der Waals surface area contributed by atoms with Gasteiger partial charge in [-0.1, -0.05) is 23.2 Å². The van der Waals surface area contributed by atoms with Crippen molar-refractivity contribution in [1.29, 1.82) is 5.26 Å². The average Bonchev–Trinajstić information content (AvgIpc) is 2.79. The van der Waals surface area contributed by atoms with Crippen molar-refractivity contribution in [3.63, 3.8) is 0 Å². The molecule has 1 aliphatic heterocycles. The highest BCUT2D eigenvalue weighted by Gasteiger charge is 2.17. The van der Waals surface area contributed by atoms with Crippen molar-refractivity contribution in [2.24, 2.45) is 5.92 Å². The van der Waals surface area contributed by atoms with E-state index in [-0.39, 0.29) is 27.0 Å². The maximum atomic E-state index is 12.3. The summed E-state index contributed by atoms with van der Waals surface area (Å²) >= 11 is 12.7. The summed E-state index contributed by atoms with van der Waals surface area (Å²) < 4.78 is 13.6. The number of hydrogen-bond acceptors (Lipinski definition) is 7. The second kappa shape index (κ2) is 9.62. The predicted octanol–water partition coefficient (Wildman–Crippen LogP) is 2.48. The SMILES string of the molecule is N#Cc1nn(-c2cc(Cl)c(Oc3ccc(=O)n(CC4CCOCC4)c3)c(Cl)c2)c(=O)[nH]c1=O. The zero-order chi connectivity index (χ0) is 23.5. The van der Waals surface area contributed by atoms with Crippen molar-refractivity contribution < 1.29 is 9.47 Å². The minimum absolute atomic E-state index is 0.0538. The fraction of sp³-hybridized carbons (Fsp3) is 0.286. The lowest BCUT2D eigenvalue weighted by atomic mass is 10.0. The number of aromatic nitrogens is 4. The van der Waals surface area contributed by atoms with Crippen molar-refractivity contribution in [1.82, 2.24) is 19.3 Å². The Labute approximate surface area is 196 Å². The topological polar surface area (TPSA) is 132 Å². The smallest absolute Gasteiger partial charge is 0.349 e. The molecule has 0 spiro atoms. The van der Waals surface area contributed by atoms with Crippen molar-refractivity contribution in [2.75, 3.05) is 13.2 Å². The van der Waals surface area contributed by atoms with Gasteiger partial charge in [-0.15, -0.1) is 5.10 Å². The quantitative estimate of drug-likeness (QED) is 0.581. The summed E-state index contributed by atoms with van der Waals surface area (Å²) in [5.74, 6) is 0.792. The summed E-state index contributed by atoms with van der Waals surface area (Å²) in [5, 5.41) is 12.8. The third-order valence-electron chi connectivity index (χ3n) is 5.13. The van der Waals surface area contributed by atoms with E-state index in [1.165, 1.54) is 24.3 Å². The molecule has 0 aliphatic carbocycles. The van der Waals surface area contributed by atoms with Crippen LogP contribution < -0.4 is 21.5 Å². The molecule has 170 valence electrons. The zero-order valence-corrected chi connectivity index (χ0v) is 18.6. The molecule has 3 heterocycles. The molecular formula is C21H17Cl2N5O5. The maximum Gasteiger partial charge on any atom is 0.349 e. The van der Waals surface area contributed by atoms with Crippen molar-refractivity contribution in [3.8, 4) is 23.3 Å². The summed E-state index contributed by atoms with van der Waals surface area (Å²) in [6.07, 6.45) is 3.34. The highest BCUT2D eigenvalue weighted by Crippen LogP contribution is 2.37. The summed E-state index contributed by atoms with van der Waals surface area (Å²) in [6, 6.07) is 7.23. The lowest BCUT2D eigenvalue weighted by molar-refractivity contribution is 0.0609. The molecule has 1 aliphatic rings. The van der Waals surface area contributed by atoms with E-state index < -0.39 is 16.9 Å². The molecule has 0 amide bonds. The van der Waals surface area contributed by atoms with E-state index in [1.54, 1.807) is 16.8 Å². The average molecular weight is 490 g/mol. The molecule has 33 heavy (non-hydrogen) atoms. The van der Waals surface area contributed by atoms with E-state index in [9.17, 15) is 14.4 Å². The fourth-order valence-corrected chi connectivity index (χ4v) is 4.00. The number of aromatic amines is 1. The van der Waals surface area contributed by atoms with Crippen LogP contribution in [0.15, 0.2) is 44.8 Å². The molecule has 0 unspecified atom stereocenters. The largest absolute Gasteiger partial charge is 0.453 e. The summed E-state index contributed by atoms with van der Waals surface area (Å²) in [4.78, 5) is 38.0. The molecule has 1 aromatic carbocycles. The Morgan fingerprint density at radius 3 is 2.55 bits per heavy atom. The second-order valence-corrected chi connectivity index (χ2v) is 8.20. The Hall–Kier alpha value is -3.39. The first-order chi connectivity index (χ1) is 15.9. The number of hydrogen-bond donors (Lipinski definition) is 1. The molecule has 3 aromatic rings. The minimum Gasteiger partial charge on any atom is -0.453 e. The Kier molecular flexibility index (Phi) is 6.65. The van der Waals surface area contributed by atoms with Crippen LogP contribution in [0.2, 0.25) is 10.0 Å². The molecule has 0 saturated carbocycles. The molecule has 1 N–H and O–H groups in total. The van der Waals surface area contributed by atoms with E-state index in [2.05, 4.69) is 5.10 Å². The van der Waals surface area contributed by atoms with Gasteiger partial charge in [0, 0.05) is 32.0 Å². The van der Waals surface area contributed by atoms with Gasteiger partial charge in [0.2, 0.25) is 5.69 Å². The Morgan fingerprint density at radius 2 is 1.88 bits per heavy atom. The maximum absolute atomic E-state index is 12.3. The van der Waals surface area contributed by atoms with Gasteiger partial charge in [-0.2, -0.15) is 9.94 Å². The predicted molar refractivity (Wildman–Crippen MR) is 120 cm³/mol. The van der Waals surface area contributed by atoms with Crippen molar-refractivity contribution >= 4 is 23.2 Å². The summed E-state index contributed by atoms with van der Waals surface area (Å²) in [7, 11) is 0. The van der Waals surface area contributed by atoms with Gasteiger partial charge in [0.1, 0.15) is 11.8 Å². The third kappa shape index (κ3) is 5.01. The molecule has 4 rings (SSSR count). The molecule has 0 bridgehead atoms. The zero-order valence-electron chi connectivity index (χ0n) is 17.1. The number of nitrogens with zero attached hydrogens (tertiary/aromatic N) is 4. The number of benzene rings is 1. The van der Waals surface area contributed by atoms with Crippen molar-refractivity contribution in [3.05, 3.63) is 77.4 Å². The number of ether oxygens (including phenoxy) is 2. The molecule has 2 aromatic heterocycles. The van der Waals surface area contributed by atoms with Gasteiger partial charge < -0.3 is 14.0 Å². The molecule has 0 atom stereocenters. The first-order valence-corrected chi connectivity index (χ1v) is 10.7. The van der Waals surface area contributed by atoms with E-state index in [0.717, 1.165) is 17.5 Å². The molecule has 1 saturated heterocycles. The molecule has 1 fully saturated rings. The first kappa shape index (κ1) is 22.8. The molecule has 0 radical (unpaired) electrons. The number of H-pyrrole nitrogens is 1. The Bertz CT molecular complexity index is 1390. The van der Waals surface area contributed by atoms with Crippen LogP contribution in [0.5, 0.6) is 11.5 Å². The number of pyridine rings is 1. The van der Waals surface area contributed by atoms with E-state index in [0.29, 0.717) is 31.4 Å². The molecular weight excluding hydrogens is 473 g/mol. The van der Waals surface area contributed by atoms with Crippen LogP contribution >= 0.6 is 23.2 Å². The highest BCUT2D eigenvalue weighted by molar-refractivity contribution is 6.37. The lowest BCUT2D eigenvalue weighted by Crippen LogP contribution is -2.33. The van der Waals surface area contributed by atoms with Crippen LogP contribution in [0.3, 0.4) is 0 Å². The number of nitrogens with one attached hydrogen (secondary N) is 1. The van der Waals surface area contributed by atoms with Crippen LogP contribution in [0.1, 0.15) is 18.5 Å². The monoisotopic (exact) mass is 489 g/mol. The van der Waals surface area contributed by atoms with E-state index >= 15 is 0 Å². The van der Waals surface area contributed by atoms with Crippen molar-refractivity contribution in [2.45, 2.75) is 19.4 Å². The summed E-state index contributed by atoms with van der Waals surface area (Å²) in [6.45, 7) is 1.90. The van der Waals surface area contributed by atoms with Gasteiger partial charge in [-0.05, 0) is 37.0 Å². The lowest BCUT2D eigenvalue weighted by Gasteiger charge is -2.23. The minimum atomic E-state index is -0.897. The van der Waals surface area contributed by atoms with E-state index in [4.69, 9.17) is 37.9 Å². The van der Waals surface area contributed by atoms with Gasteiger partial charge in [0.15, 0.2) is 5.75 Å². The molecule has 12 heteroatoms. The van der Waals surface area contributed by atoms with Gasteiger partial charge in [-0.3, -0.25) is 14.6 Å². The Balaban J connectivity index is 1.63. The standard InChI is InChI=1S/C21H17Cl2N5O5/c22-15-7-13(28-21(31)25-20(30)17(9-24)26-28)8-16(23)19(15)33-14-1-2-18(29)27(11-14)10-12-3-5-32-6-4-12/h1-2,7-8,11-12H,3-6,10H2,(H,25,30,31). The van der Waals surface area contributed by atoms with Gasteiger partial charge in [-0.25, -0.2) is 4.79 Å². The van der Waals surface area contributed by atoms with Crippen LogP contribution in [-0.4, -0.2) is 32.5 Å². The number of rotatable bonds is 5. The van der Waals surface area contributed by atoms with Gasteiger partial charge in [0.25, 0.3) is 11.1 Å². The van der Waals surface area contributed by atoms with Crippen LogP contribution in [0.4, 0.5) is 0 Å². The van der Waals surface area contributed by atoms with Crippen LogP contribution in [-0.2, 0) is 11.3 Å². The number of halogens is 2. The van der Waals surface area contributed by atoms with Crippen LogP contribution in [0.25, 0.3) is 5.69 Å². The Morgan fingerprint density at radius 1 is 1.18 bits per heavy atom. The summed E-state index contributed by atoms with van der Waals surface area (Å²) in [5.41, 5.74) is -2.28.